The Labute approximate surface area is 124 Å². The van der Waals surface area contributed by atoms with Crippen LogP contribution in [-0.2, 0) is 16.1 Å². The lowest BCUT2D eigenvalue weighted by atomic mass is 10.2. The van der Waals surface area contributed by atoms with Crippen LogP contribution in [0.5, 0.6) is 0 Å². The van der Waals surface area contributed by atoms with Crippen molar-refractivity contribution in [1.82, 2.24) is 25.1 Å². The van der Waals surface area contributed by atoms with Crippen LogP contribution >= 0.6 is 0 Å². The summed E-state index contributed by atoms with van der Waals surface area (Å²) in [5.41, 5.74) is 6.91. The lowest BCUT2D eigenvalue weighted by Gasteiger charge is -2.00. The summed E-state index contributed by atoms with van der Waals surface area (Å²) in [4.78, 5) is 15.5. The lowest BCUT2D eigenvalue weighted by molar-refractivity contribution is -0.141. The number of aromatic nitrogens is 5. The van der Waals surface area contributed by atoms with E-state index in [0.717, 1.165) is 5.56 Å². The molecule has 0 atom stereocenters. The third-order valence-corrected chi connectivity index (χ3v) is 2.94. The standard InChI is InChI=1S/C13H12N6O3/c1-21-9(20)7-19-11(14)10(16-18-19)13-15-12(17-22-13)8-5-3-2-4-6-8/h2-6H,7,14H2,1H3. The number of esters is 1. The summed E-state index contributed by atoms with van der Waals surface area (Å²) in [6.45, 7) is -0.144. The summed E-state index contributed by atoms with van der Waals surface area (Å²) < 4.78 is 10.9. The largest absolute Gasteiger partial charge is 0.468 e. The summed E-state index contributed by atoms with van der Waals surface area (Å²) in [5.74, 6) is 0.206. The average molecular weight is 300 g/mol. The Kier molecular flexibility index (Phi) is 3.52. The van der Waals surface area contributed by atoms with Gasteiger partial charge in [-0.3, -0.25) is 4.79 Å². The number of methoxy groups -OCH3 is 1. The summed E-state index contributed by atoms with van der Waals surface area (Å²) in [5, 5.41) is 11.5. The molecule has 0 saturated heterocycles. The second-order valence-corrected chi connectivity index (χ2v) is 4.35. The molecule has 0 radical (unpaired) electrons. The minimum atomic E-state index is -0.487. The van der Waals surface area contributed by atoms with Gasteiger partial charge < -0.3 is 15.0 Å². The minimum absolute atomic E-state index is 0.132. The second-order valence-electron chi connectivity index (χ2n) is 4.35. The molecule has 0 saturated carbocycles. The summed E-state index contributed by atoms with van der Waals surface area (Å²) in [6, 6.07) is 9.33. The SMILES string of the molecule is COC(=O)Cn1nnc(-c2nc(-c3ccccc3)no2)c1N. The zero-order valence-corrected chi connectivity index (χ0v) is 11.6. The van der Waals surface area contributed by atoms with E-state index in [0.29, 0.717) is 5.82 Å². The summed E-state index contributed by atoms with van der Waals surface area (Å²) in [7, 11) is 1.28. The molecule has 1 aromatic carbocycles. The van der Waals surface area contributed by atoms with E-state index >= 15 is 0 Å². The van der Waals surface area contributed by atoms with Gasteiger partial charge >= 0.3 is 5.97 Å². The van der Waals surface area contributed by atoms with Crippen molar-refractivity contribution >= 4 is 11.8 Å². The van der Waals surface area contributed by atoms with Gasteiger partial charge in [-0.1, -0.05) is 40.7 Å². The number of nitrogens with two attached hydrogens (primary N) is 1. The van der Waals surface area contributed by atoms with Gasteiger partial charge in [-0.05, 0) is 0 Å². The first-order valence-corrected chi connectivity index (χ1v) is 6.34. The first-order valence-electron chi connectivity index (χ1n) is 6.34. The molecule has 0 amide bonds. The predicted octanol–water partition coefficient (Wildman–Crippen LogP) is 0.750. The molecule has 0 spiro atoms. The smallest absolute Gasteiger partial charge is 0.327 e. The maximum absolute atomic E-state index is 11.3. The van der Waals surface area contributed by atoms with Gasteiger partial charge in [0.05, 0.1) is 7.11 Å². The van der Waals surface area contributed by atoms with Crippen molar-refractivity contribution in [3.63, 3.8) is 0 Å². The first-order chi connectivity index (χ1) is 10.7. The predicted molar refractivity (Wildman–Crippen MR) is 75.2 cm³/mol. The van der Waals surface area contributed by atoms with Gasteiger partial charge in [0.25, 0.3) is 5.89 Å². The maximum Gasteiger partial charge on any atom is 0.327 e. The Morgan fingerprint density at radius 2 is 2.14 bits per heavy atom. The van der Waals surface area contributed by atoms with Crippen LogP contribution in [0.3, 0.4) is 0 Å². The minimum Gasteiger partial charge on any atom is -0.468 e. The van der Waals surface area contributed by atoms with E-state index in [1.54, 1.807) is 0 Å². The third-order valence-electron chi connectivity index (χ3n) is 2.94. The van der Waals surface area contributed by atoms with Gasteiger partial charge in [0.2, 0.25) is 5.82 Å². The number of ether oxygens (including phenoxy) is 1. The molecule has 0 unspecified atom stereocenters. The van der Waals surface area contributed by atoms with E-state index in [-0.39, 0.29) is 23.9 Å². The van der Waals surface area contributed by atoms with Gasteiger partial charge in [0.1, 0.15) is 6.54 Å². The number of benzene rings is 1. The molecular weight excluding hydrogens is 288 g/mol. The molecule has 9 heteroatoms. The van der Waals surface area contributed by atoms with Crippen molar-refractivity contribution in [2.75, 3.05) is 12.8 Å². The van der Waals surface area contributed by atoms with Crippen LogP contribution in [-0.4, -0.2) is 38.2 Å². The summed E-state index contributed by atoms with van der Waals surface area (Å²) >= 11 is 0. The number of carbonyl (C=O) groups excluding carboxylic acids is 1. The van der Waals surface area contributed by atoms with E-state index in [1.807, 2.05) is 30.3 Å². The number of hydrogen-bond donors (Lipinski definition) is 1. The fourth-order valence-electron chi connectivity index (χ4n) is 1.80. The van der Waals surface area contributed by atoms with Gasteiger partial charge in [0, 0.05) is 5.56 Å². The fourth-order valence-corrected chi connectivity index (χ4v) is 1.80. The lowest BCUT2D eigenvalue weighted by Crippen LogP contribution is -2.14. The molecule has 0 fully saturated rings. The Balaban J connectivity index is 1.90. The Morgan fingerprint density at radius 1 is 1.36 bits per heavy atom. The van der Waals surface area contributed by atoms with Crippen molar-refractivity contribution in [3.8, 4) is 23.0 Å². The summed E-state index contributed by atoms with van der Waals surface area (Å²) in [6.07, 6.45) is 0. The molecule has 0 aliphatic carbocycles. The van der Waals surface area contributed by atoms with Gasteiger partial charge in [-0.25, -0.2) is 4.68 Å². The highest BCUT2D eigenvalue weighted by molar-refractivity contribution is 5.71. The molecule has 0 bridgehead atoms. The highest BCUT2D eigenvalue weighted by atomic mass is 16.5. The average Bonchev–Trinajstić information content (AvgIpc) is 3.16. The molecule has 22 heavy (non-hydrogen) atoms. The van der Waals surface area contributed by atoms with E-state index in [4.69, 9.17) is 10.3 Å². The van der Waals surface area contributed by atoms with Crippen LogP contribution in [0.2, 0.25) is 0 Å². The highest BCUT2D eigenvalue weighted by Gasteiger charge is 2.20. The van der Waals surface area contributed by atoms with Crippen LogP contribution in [0.4, 0.5) is 5.82 Å². The molecule has 3 rings (SSSR count). The fraction of sp³-hybridized carbons (Fsp3) is 0.154. The molecule has 9 nitrogen and oxygen atoms in total. The molecule has 2 heterocycles. The first kappa shape index (κ1) is 13.7. The molecular formula is C13H12N6O3. The van der Waals surface area contributed by atoms with E-state index in [1.165, 1.54) is 11.8 Å². The van der Waals surface area contributed by atoms with Crippen molar-refractivity contribution in [1.29, 1.82) is 0 Å². The third kappa shape index (κ3) is 2.51. The Bertz CT molecular complexity index is 795. The zero-order valence-electron chi connectivity index (χ0n) is 11.6. The van der Waals surface area contributed by atoms with Crippen LogP contribution in [0.25, 0.3) is 23.0 Å². The van der Waals surface area contributed by atoms with Crippen LogP contribution in [0.1, 0.15) is 0 Å². The monoisotopic (exact) mass is 300 g/mol. The number of anilines is 1. The molecule has 112 valence electrons. The number of nitrogen functional groups attached to an aromatic ring is 1. The Morgan fingerprint density at radius 3 is 2.86 bits per heavy atom. The van der Waals surface area contributed by atoms with Gasteiger partial charge in [0.15, 0.2) is 11.5 Å². The number of rotatable bonds is 4. The van der Waals surface area contributed by atoms with Crippen LogP contribution in [0, 0.1) is 0 Å². The quantitative estimate of drug-likeness (QED) is 0.700. The molecule has 3 aromatic rings. The zero-order chi connectivity index (χ0) is 15.5. The van der Waals surface area contributed by atoms with E-state index in [9.17, 15) is 4.79 Å². The molecule has 2 aromatic heterocycles. The Hall–Kier alpha value is -3.23. The van der Waals surface area contributed by atoms with Crippen molar-refractivity contribution < 1.29 is 14.1 Å². The topological polar surface area (TPSA) is 122 Å². The number of carbonyl (C=O) groups is 1. The molecule has 2 N–H and O–H groups in total. The highest BCUT2D eigenvalue weighted by Crippen LogP contribution is 2.24. The van der Waals surface area contributed by atoms with Crippen LogP contribution in [0.15, 0.2) is 34.9 Å². The normalized spacial score (nSPS) is 10.6. The number of nitrogens with zero attached hydrogens (tertiary/aromatic N) is 5. The number of hydrogen-bond acceptors (Lipinski definition) is 8. The van der Waals surface area contributed by atoms with Gasteiger partial charge in [-0.15, -0.1) is 5.10 Å². The van der Waals surface area contributed by atoms with Crippen molar-refractivity contribution in [3.05, 3.63) is 30.3 Å². The van der Waals surface area contributed by atoms with Crippen molar-refractivity contribution in [2.24, 2.45) is 0 Å². The molecule has 0 aliphatic heterocycles. The van der Waals surface area contributed by atoms with E-state index < -0.39 is 5.97 Å². The molecule has 0 aliphatic rings. The van der Waals surface area contributed by atoms with Crippen molar-refractivity contribution in [2.45, 2.75) is 6.54 Å². The second kappa shape index (κ2) is 5.64. The van der Waals surface area contributed by atoms with E-state index in [2.05, 4.69) is 25.2 Å². The van der Waals surface area contributed by atoms with Gasteiger partial charge in [-0.2, -0.15) is 4.98 Å². The maximum atomic E-state index is 11.3. The van der Waals surface area contributed by atoms with Crippen LogP contribution < -0.4 is 5.73 Å².